The quantitative estimate of drug-likeness (QED) is 0.812. The zero-order valence-corrected chi connectivity index (χ0v) is 7.85. The third-order valence-corrected chi connectivity index (χ3v) is 1.74. The van der Waals surface area contributed by atoms with E-state index in [1.54, 1.807) is 0 Å². The van der Waals surface area contributed by atoms with Gasteiger partial charge in [-0.05, 0) is 0 Å². The Labute approximate surface area is 86.5 Å². The number of pyridine rings is 1. The van der Waals surface area contributed by atoms with Crippen LogP contribution in [0.15, 0.2) is 6.20 Å². The molecule has 0 spiro atoms. The smallest absolute Gasteiger partial charge is 0.433 e. The van der Waals surface area contributed by atoms with Gasteiger partial charge in [-0.1, -0.05) is 0 Å². The first-order valence-electron chi connectivity index (χ1n) is 3.90. The highest BCUT2D eigenvalue weighted by Gasteiger charge is 2.40. The summed E-state index contributed by atoms with van der Waals surface area (Å²) in [6, 6.07) is 0. The Hall–Kier alpha value is -1.60. The molecule has 0 radical (unpaired) electrons. The minimum absolute atomic E-state index is 0.410. The second-order valence-electron chi connectivity index (χ2n) is 2.74. The van der Waals surface area contributed by atoms with Gasteiger partial charge in [0.1, 0.15) is 0 Å². The van der Waals surface area contributed by atoms with Crippen molar-refractivity contribution in [2.45, 2.75) is 12.6 Å². The molecule has 0 atom stereocenters. The van der Waals surface area contributed by atoms with E-state index in [-0.39, 0.29) is 0 Å². The van der Waals surface area contributed by atoms with Crippen molar-refractivity contribution in [2.24, 2.45) is 0 Å². The first kappa shape index (κ1) is 12.5. The molecule has 1 heterocycles. The second-order valence-corrected chi connectivity index (χ2v) is 2.74. The lowest BCUT2D eigenvalue weighted by molar-refractivity contribution is -0.143. The molecule has 1 N–H and O–H groups in total. The molecule has 16 heavy (non-hydrogen) atoms. The molecule has 3 nitrogen and oxygen atoms in total. The van der Waals surface area contributed by atoms with Gasteiger partial charge in [0.05, 0.1) is 18.9 Å². The SMILES string of the molecule is COc1c(O)cnc(C(F)(F)F)c1C(F)F. The molecule has 0 aliphatic carbocycles. The summed E-state index contributed by atoms with van der Waals surface area (Å²) < 4.78 is 66.2. The van der Waals surface area contributed by atoms with Gasteiger partial charge in [0.2, 0.25) is 0 Å². The van der Waals surface area contributed by atoms with E-state index in [1.807, 2.05) is 0 Å². The summed E-state index contributed by atoms with van der Waals surface area (Å²) >= 11 is 0. The molecule has 0 saturated carbocycles. The minimum atomic E-state index is -5.03. The number of nitrogens with zero attached hydrogens (tertiary/aromatic N) is 1. The van der Waals surface area contributed by atoms with Crippen molar-refractivity contribution in [3.8, 4) is 11.5 Å². The largest absolute Gasteiger partial charge is 0.503 e. The number of aromatic nitrogens is 1. The lowest BCUT2D eigenvalue weighted by Gasteiger charge is -2.15. The number of methoxy groups -OCH3 is 1. The highest BCUT2D eigenvalue weighted by molar-refractivity contribution is 5.47. The molecular weight excluding hydrogens is 237 g/mol. The fourth-order valence-corrected chi connectivity index (χ4v) is 1.14. The lowest BCUT2D eigenvalue weighted by Crippen LogP contribution is -2.13. The zero-order valence-electron chi connectivity index (χ0n) is 7.85. The molecular formula is C8H6F5NO2. The average Bonchev–Trinajstić information content (AvgIpc) is 2.14. The Morgan fingerprint density at radius 2 is 1.94 bits per heavy atom. The number of halogens is 5. The van der Waals surface area contributed by atoms with E-state index in [4.69, 9.17) is 5.11 Å². The first-order chi connectivity index (χ1) is 7.29. The van der Waals surface area contributed by atoms with Crippen LogP contribution in [0.25, 0.3) is 0 Å². The Morgan fingerprint density at radius 1 is 1.38 bits per heavy atom. The molecule has 0 amide bonds. The topological polar surface area (TPSA) is 42.4 Å². The Bertz CT molecular complexity index is 391. The van der Waals surface area contributed by atoms with Crippen LogP contribution in [-0.4, -0.2) is 17.2 Å². The Kier molecular flexibility index (Phi) is 3.20. The molecule has 0 unspecified atom stereocenters. The molecule has 0 aromatic carbocycles. The van der Waals surface area contributed by atoms with Crippen molar-refractivity contribution in [3.05, 3.63) is 17.5 Å². The van der Waals surface area contributed by atoms with Crippen LogP contribution < -0.4 is 4.74 Å². The number of aromatic hydroxyl groups is 1. The summed E-state index contributed by atoms with van der Waals surface area (Å²) in [7, 11) is 0.876. The van der Waals surface area contributed by atoms with Crippen LogP contribution in [-0.2, 0) is 6.18 Å². The molecule has 1 aromatic heterocycles. The summed E-state index contributed by atoms with van der Waals surface area (Å²) in [6.07, 6.45) is -8.08. The second kappa shape index (κ2) is 4.11. The van der Waals surface area contributed by atoms with Crippen LogP contribution in [0.3, 0.4) is 0 Å². The Morgan fingerprint density at radius 3 is 2.31 bits per heavy atom. The van der Waals surface area contributed by atoms with Gasteiger partial charge >= 0.3 is 6.18 Å². The van der Waals surface area contributed by atoms with Crippen LogP contribution in [0.5, 0.6) is 11.5 Å². The molecule has 0 fully saturated rings. The standard InChI is InChI=1S/C8H6F5NO2/c1-16-5-3(15)2-14-6(8(11,12)13)4(5)7(9)10/h2,7,15H,1H3. The predicted molar refractivity (Wildman–Crippen MR) is 42.4 cm³/mol. The van der Waals surface area contributed by atoms with Crippen molar-refractivity contribution in [3.63, 3.8) is 0 Å². The van der Waals surface area contributed by atoms with Gasteiger partial charge in [0, 0.05) is 0 Å². The maximum absolute atomic E-state index is 12.5. The lowest BCUT2D eigenvalue weighted by atomic mass is 10.1. The van der Waals surface area contributed by atoms with Gasteiger partial charge in [0.15, 0.2) is 17.2 Å². The van der Waals surface area contributed by atoms with E-state index in [1.165, 1.54) is 0 Å². The molecule has 90 valence electrons. The van der Waals surface area contributed by atoms with Crippen LogP contribution in [0.4, 0.5) is 22.0 Å². The maximum Gasteiger partial charge on any atom is 0.433 e. The molecule has 0 bridgehead atoms. The van der Waals surface area contributed by atoms with Crippen molar-refractivity contribution in [1.82, 2.24) is 4.98 Å². The van der Waals surface area contributed by atoms with Crippen LogP contribution in [0.1, 0.15) is 17.7 Å². The third kappa shape index (κ3) is 2.15. The van der Waals surface area contributed by atoms with E-state index >= 15 is 0 Å². The highest BCUT2D eigenvalue weighted by Crippen LogP contribution is 2.43. The number of alkyl halides is 5. The summed E-state index contributed by atoms with van der Waals surface area (Å²) in [5, 5.41) is 9.04. The zero-order chi connectivity index (χ0) is 12.5. The third-order valence-electron chi connectivity index (χ3n) is 1.74. The van der Waals surface area contributed by atoms with Gasteiger partial charge in [-0.25, -0.2) is 13.8 Å². The van der Waals surface area contributed by atoms with Crippen LogP contribution in [0.2, 0.25) is 0 Å². The molecule has 8 heteroatoms. The van der Waals surface area contributed by atoms with Crippen LogP contribution in [0, 0.1) is 0 Å². The van der Waals surface area contributed by atoms with Gasteiger partial charge in [-0.3, -0.25) is 0 Å². The number of hydrogen-bond donors (Lipinski definition) is 1. The molecule has 0 saturated heterocycles. The monoisotopic (exact) mass is 243 g/mol. The van der Waals surface area contributed by atoms with Gasteiger partial charge in [-0.2, -0.15) is 13.2 Å². The Balaban J connectivity index is 3.52. The van der Waals surface area contributed by atoms with Gasteiger partial charge in [0.25, 0.3) is 6.43 Å². The number of rotatable bonds is 2. The molecule has 0 aliphatic rings. The minimum Gasteiger partial charge on any atom is -0.503 e. The molecule has 1 aromatic rings. The fraction of sp³-hybridized carbons (Fsp3) is 0.375. The normalized spacial score (nSPS) is 11.9. The van der Waals surface area contributed by atoms with Crippen molar-refractivity contribution in [1.29, 1.82) is 0 Å². The van der Waals surface area contributed by atoms with Gasteiger partial charge < -0.3 is 9.84 Å². The summed E-state index contributed by atoms with van der Waals surface area (Å²) in [4.78, 5) is 2.74. The molecule has 0 aliphatic heterocycles. The average molecular weight is 243 g/mol. The number of ether oxygens (including phenoxy) is 1. The van der Waals surface area contributed by atoms with Crippen molar-refractivity contribution >= 4 is 0 Å². The first-order valence-corrected chi connectivity index (χ1v) is 3.90. The fourth-order valence-electron chi connectivity index (χ4n) is 1.14. The number of hydrogen-bond acceptors (Lipinski definition) is 3. The molecule has 1 rings (SSSR count). The predicted octanol–water partition coefficient (Wildman–Crippen LogP) is 2.75. The van der Waals surface area contributed by atoms with E-state index < -0.39 is 35.4 Å². The van der Waals surface area contributed by atoms with E-state index in [9.17, 15) is 22.0 Å². The van der Waals surface area contributed by atoms with E-state index in [0.29, 0.717) is 6.20 Å². The summed E-state index contributed by atoms with van der Waals surface area (Å²) in [5.74, 6) is -1.79. The van der Waals surface area contributed by atoms with E-state index in [0.717, 1.165) is 7.11 Å². The summed E-state index contributed by atoms with van der Waals surface area (Å²) in [5.41, 5.74) is -3.23. The van der Waals surface area contributed by atoms with E-state index in [2.05, 4.69) is 9.72 Å². The van der Waals surface area contributed by atoms with Crippen molar-refractivity contribution in [2.75, 3.05) is 7.11 Å². The van der Waals surface area contributed by atoms with Gasteiger partial charge in [-0.15, -0.1) is 0 Å². The maximum atomic E-state index is 12.5. The summed E-state index contributed by atoms with van der Waals surface area (Å²) in [6.45, 7) is 0. The highest BCUT2D eigenvalue weighted by atomic mass is 19.4. The van der Waals surface area contributed by atoms with Crippen molar-refractivity contribution < 1.29 is 31.8 Å². The van der Waals surface area contributed by atoms with Crippen LogP contribution >= 0.6 is 0 Å².